The lowest BCUT2D eigenvalue weighted by Gasteiger charge is -1.98. The van der Waals surface area contributed by atoms with E-state index in [0.717, 1.165) is 44.9 Å². The van der Waals surface area contributed by atoms with Gasteiger partial charge in [0, 0.05) is 12.8 Å². The van der Waals surface area contributed by atoms with Gasteiger partial charge in [0.15, 0.2) is 0 Å². The van der Waals surface area contributed by atoms with Crippen molar-refractivity contribution in [3.8, 4) is 0 Å². The maximum absolute atomic E-state index is 10.3. The number of carboxylic acid groups (broad SMARTS) is 2. The average Bonchev–Trinajstić information content (AvgIpc) is 2.53. The Labute approximate surface area is 146 Å². The maximum Gasteiger partial charge on any atom is 0.303 e. The zero-order valence-corrected chi connectivity index (χ0v) is 14.9. The highest BCUT2D eigenvalue weighted by Crippen LogP contribution is 2.09. The molecule has 0 heterocycles. The van der Waals surface area contributed by atoms with E-state index in [-0.39, 0.29) is 6.42 Å². The second-order valence-electron chi connectivity index (χ2n) is 6.21. The molecular weight excluding hydrogens is 304 g/mol. The van der Waals surface area contributed by atoms with Crippen molar-refractivity contribution in [1.82, 2.24) is 0 Å². The predicted octanol–water partition coefficient (Wildman–Crippen LogP) is 5.73. The second kappa shape index (κ2) is 17.8. The third-order valence-corrected chi connectivity index (χ3v) is 3.86. The summed E-state index contributed by atoms with van der Waals surface area (Å²) < 4.78 is 0. The largest absolute Gasteiger partial charge is 0.481 e. The quantitative estimate of drug-likeness (QED) is 0.262. The number of allylic oxidation sites excluding steroid dienone is 4. The van der Waals surface area contributed by atoms with Crippen LogP contribution < -0.4 is 0 Å². The average molecular weight is 338 g/mol. The van der Waals surface area contributed by atoms with Gasteiger partial charge in [0.2, 0.25) is 0 Å². The Balaban J connectivity index is 3.18. The lowest BCUT2D eigenvalue weighted by molar-refractivity contribution is -0.138. The molecule has 2 N–H and O–H groups in total. The monoisotopic (exact) mass is 338 g/mol. The van der Waals surface area contributed by atoms with Crippen molar-refractivity contribution in [3.05, 3.63) is 24.3 Å². The molecule has 4 heteroatoms. The highest BCUT2D eigenvalue weighted by atomic mass is 16.4. The van der Waals surface area contributed by atoms with Crippen molar-refractivity contribution in [2.75, 3.05) is 0 Å². The Morgan fingerprint density at radius 2 is 0.875 bits per heavy atom. The van der Waals surface area contributed by atoms with Crippen molar-refractivity contribution >= 4 is 11.9 Å². The van der Waals surface area contributed by atoms with E-state index in [1.807, 2.05) is 6.08 Å². The summed E-state index contributed by atoms with van der Waals surface area (Å²) in [6.45, 7) is 0. The van der Waals surface area contributed by atoms with Crippen LogP contribution in [0.25, 0.3) is 0 Å². The first-order valence-corrected chi connectivity index (χ1v) is 9.36. The zero-order chi connectivity index (χ0) is 17.9. The molecule has 0 fully saturated rings. The molecule has 0 rings (SSSR count). The summed E-state index contributed by atoms with van der Waals surface area (Å²) >= 11 is 0. The van der Waals surface area contributed by atoms with Crippen molar-refractivity contribution in [1.29, 1.82) is 0 Å². The Kier molecular flexibility index (Phi) is 16.6. The molecule has 0 bridgehead atoms. The van der Waals surface area contributed by atoms with Gasteiger partial charge in [-0.15, -0.1) is 0 Å². The van der Waals surface area contributed by atoms with Crippen LogP contribution >= 0.6 is 0 Å². The van der Waals surface area contributed by atoms with Crippen LogP contribution in [0.2, 0.25) is 0 Å². The number of unbranched alkanes of at least 4 members (excludes halogenated alkanes) is 9. The summed E-state index contributed by atoms with van der Waals surface area (Å²) in [5.41, 5.74) is 0. The fourth-order valence-electron chi connectivity index (χ4n) is 2.45. The summed E-state index contributed by atoms with van der Waals surface area (Å²) in [5.74, 6) is -1.42. The fourth-order valence-corrected chi connectivity index (χ4v) is 2.45. The fraction of sp³-hybridized carbons (Fsp3) is 0.700. The molecule has 4 nitrogen and oxygen atoms in total. The summed E-state index contributed by atoms with van der Waals surface area (Å²) in [4.78, 5) is 20.7. The van der Waals surface area contributed by atoms with E-state index in [9.17, 15) is 9.59 Å². The van der Waals surface area contributed by atoms with Crippen LogP contribution in [0.15, 0.2) is 24.3 Å². The molecule has 0 saturated carbocycles. The standard InChI is InChI=1S/C20H34O4/c21-19(22)17-15-13-11-9-7-5-3-1-2-4-6-8-10-12-14-16-18-20(23)24/h3,5,12,14H,1-2,4,6-11,13,15-18H2,(H,21,22)(H,23,24)/b5-3+,14-12+. The molecule has 0 radical (unpaired) electrons. The van der Waals surface area contributed by atoms with E-state index in [0.29, 0.717) is 12.8 Å². The van der Waals surface area contributed by atoms with E-state index in [1.165, 1.54) is 25.7 Å². The Bertz CT molecular complexity index is 372. The number of aliphatic carboxylic acids is 2. The Morgan fingerprint density at radius 3 is 1.29 bits per heavy atom. The van der Waals surface area contributed by atoms with Crippen molar-refractivity contribution in [3.63, 3.8) is 0 Å². The van der Waals surface area contributed by atoms with Crippen LogP contribution in [0.4, 0.5) is 0 Å². The highest BCUT2D eigenvalue weighted by Gasteiger charge is 1.95. The normalized spacial score (nSPS) is 11.5. The molecule has 24 heavy (non-hydrogen) atoms. The first-order valence-electron chi connectivity index (χ1n) is 9.36. The summed E-state index contributed by atoms with van der Waals surface area (Å²) in [6.07, 6.45) is 22.1. The molecular formula is C20H34O4. The minimum atomic E-state index is -0.731. The summed E-state index contributed by atoms with van der Waals surface area (Å²) in [5, 5.41) is 17.0. The van der Waals surface area contributed by atoms with Gasteiger partial charge >= 0.3 is 11.9 Å². The molecule has 0 aliphatic rings. The molecule has 0 aromatic rings. The van der Waals surface area contributed by atoms with Gasteiger partial charge in [-0.1, -0.05) is 50.0 Å². The van der Waals surface area contributed by atoms with Crippen LogP contribution in [-0.2, 0) is 9.59 Å². The molecule has 0 aliphatic carbocycles. The third-order valence-electron chi connectivity index (χ3n) is 3.86. The van der Waals surface area contributed by atoms with Crippen LogP contribution in [0.1, 0.15) is 89.9 Å². The molecule has 0 aromatic carbocycles. The molecule has 0 aliphatic heterocycles. The van der Waals surface area contributed by atoms with Gasteiger partial charge in [-0.3, -0.25) is 9.59 Å². The minimum absolute atomic E-state index is 0.227. The first-order chi connectivity index (χ1) is 11.6. The SMILES string of the molecule is O=C(O)CC/C=C/CCCCCC/C=C/CCCCCCC(=O)O. The summed E-state index contributed by atoms with van der Waals surface area (Å²) in [6, 6.07) is 0. The molecule has 0 aromatic heterocycles. The molecule has 138 valence electrons. The van der Waals surface area contributed by atoms with E-state index >= 15 is 0 Å². The van der Waals surface area contributed by atoms with Gasteiger partial charge in [-0.25, -0.2) is 0 Å². The van der Waals surface area contributed by atoms with Crippen LogP contribution in [0.5, 0.6) is 0 Å². The van der Waals surface area contributed by atoms with E-state index in [2.05, 4.69) is 18.2 Å². The second-order valence-corrected chi connectivity index (χ2v) is 6.21. The van der Waals surface area contributed by atoms with E-state index in [4.69, 9.17) is 10.2 Å². The lowest BCUT2D eigenvalue weighted by atomic mass is 10.1. The third kappa shape index (κ3) is 20.4. The van der Waals surface area contributed by atoms with Gasteiger partial charge in [0.05, 0.1) is 0 Å². The minimum Gasteiger partial charge on any atom is -0.481 e. The molecule has 0 amide bonds. The van der Waals surface area contributed by atoms with E-state index < -0.39 is 11.9 Å². The zero-order valence-electron chi connectivity index (χ0n) is 14.9. The van der Waals surface area contributed by atoms with Crippen molar-refractivity contribution in [2.45, 2.75) is 89.9 Å². The number of rotatable bonds is 17. The van der Waals surface area contributed by atoms with Gasteiger partial charge in [0.25, 0.3) is 0 Å². The number of carbonyl (C=O) groups is 2. The van der Waals surface area contributed by atoms with E-state index in [1.54, 1.807) is 0 Å². The first kappa shape index (κ1) is 22.4. The Morgan fingerprint density at radius 1 is 0.500 bits per heavy atom. The summed E-state index contributed by atoms with van der Waals surface area (Å²) in [7, 11) is 0. The Hall–Kier alpha value is -1.58. The smallest absolute Gasteiger partial charge is 0.303 e. The van der Waals surface area contributed by atoms with Gasteiger partial charge in [-0.2, -0.15) is 0 Å². The molecule has 0 saturated heterocycles. The van der Waals surface area contributed by atoms with Crippen molar-refractivity contribution < 1.29 is 19.8 Å². The highest BCUT2D eigenvalue weighted by molar-refractivity contribution is 5.66. The van der Waals surface area contributed by atoms with Gasteiger partial charge < -0.3 is 10.2 Å². The van der Waals surface area contributed by atoms with Gasteiger partial charge in [0.1, 0.15) is 0 Å². The number of hydrogen-bond acceptors (Lipinski definition) is 2. The van der Waals surface area contributed by atoms with Crippen LogP contribution in [0.3, 0.4) is 0 Å². The van der Waals surface area contributed by atoms with Crippen molar-refractivity contribution in [2.24, 2.45) is 0 Å². The molecule has 0 unspecified atom stereocenters. The van der Waals surface area contributed by atoms with Crippen LogP contribution in [0, 0.1) is 0 Å². The molecule has 0 spiro atoms. The number of hydrogen-bond donors (Lipinski definition) is 2. The maximum atomic E-state index is 10.3. The molecule has 0 atom stereocenters. The predicted molar refractivity (Wildman–Crippen MR) is 98.2 cm³/mol. The van der Waals surface area contributed by atoms with Crippen LogP contribution in [-0.4, -0.2) is 22.2 Å². The van der Waals surface area contributed by atoms with Gasteiger partial charge in [-0.05, 0) is 51.4 Å². The number of carboxylic acids is 2. The topological polar surface area (TPSA) is 74.6 Å². The lowest BCUT2D eigenvalue weighted by Crippen LogP contribution is -1.93.